The average Bonchev–Trinajstić information content (AvgIpc) is 2.99. The summed E-state index contributed by atoms with van der Waals surface area (Å²) < 4.78 is 46.4. The van der Waals surface area contributed by atoms with Crippen LogP contribution in [-0.2, 0) is 11.3 Å². The van der Waals surface area contributed by atoms with E-state index in [4.69, 9.17) is 4.74 Å². The number of thioether (sulfide) groups is 1. The molecule has 0 aliphatic heterocycles. The number of para-hydroxylation sites is 1. The molecule has 1 aromatic carbocycles. The number of ether oxygens (including phenoxy) is 1. The minimum Gasteiger partial charge on any atom is -0.383 e. The lowest BCUT2D eigenvalue weighted by Gasteiger charge is -2.18. The Morgan fingerprint density at radius 1 is 1.25 bits per heavy atom. The van der Waals surface area contributed by atoms with E-state index in [-0.39, 0.29) is 41.0 Å². The normalized spacial score (nSPS) is 13.0. The molecule has 0 saturated carbocycles. The summed E-state index contributed by atoms with van der Waals surface area (Å²) in [4.78, 5) is 30.5. The molecule has 0 aliphatic carbocycles. The standard InChI is InChI=1S/C22H24F3N3O3S/c1-13-9-17(15(3)27(13)12-22(23,24)25)19(29)11-32-21-26-18-8-6-5-7-16(18)20(30)28(21)14(2)10-31-4/h5-9,14H,10-12H2,1-4H3/t14-/m1/s1. The third-order valence-electron chi connectivity index (χ3n) is 5.17. The smallest absolute Gasteiger partial charge is 0.383 e. The Morgan fingerprint density at radius 3 is 2.59 bits per heavy atom. The van der Waals surface area contributed by atoms with Gasteiger partial charge >= 0.3 is 6.18 Å². The van der Waals surface area contributed by atoms with E-state index in [2.05, 4.69) is 4.98 Å². The lowest BCUT2D eigenvalue weighted by atomic mass is 10.2. The van der Waals surface area contributed by atoms with Gasteiger partial charge in [0.05, 0.1) is 29.3 Å². The highest BCUT2D eigenvalue weighted by atomic mass is 32.2. The van der Waals surface area contributed by atoms with Crippen molar-refractivity contribution in [2.45, 2.75) is 44.7 Å². The molecular weight excluding hydrogens is 443 g/mol. The van der Waals surface area contributed by atoms with Crippen LogP contribution in [0.15, 0.2) is 40.3 Å². The van der Waals surface area contributed by atoms with Gasteiger partial charge in [0, 0.05) is 24.1 Å². The van der Waals surface area contributed by atoms with Gasteiger partial charge in [-0.15, -0.1) is 0 Å². The summed E-state index contributed by atoms with van der Waals surface area (Å²) in [5.41, 5.74) is 1.14. The molecule has 32 heavy (non-hydrogen) atoms. The number of carbonyl (C=O) groups is 1. The molecule has 10 heteroatoms. The molecule has 0 radical (unpaired) electrons. The van der Waals surface area contributed by atoms with Crippen LogP contribution in [0.1, 0.15) is 34.7 Å². The fourth-order valence-corrected chi connectivity index (χ4v) is 4.63. The molecule has 172 valence electrons. The highest BCUT2D eigenvalue weighted by Crippen LogP contribution is 2.26. The van der Waals surface area contributed by atoms with Crippen molar-refractivity contribution in [2.24, 2.45) is 0 Å². The molecule has 0 aliphatic rings. The summed E-state index contributed by atoms with van der Waals surface area (Å²) >= 11 is 1.09. The number of hydrogen-bond acceptors (Lipinski definition) is 5. The number of alkyl halides is 3. The second kappa shape index (κ2) is 9.50. The maximum Gasteiger partial charge on any atom is 0.406 e. The predicted molar refractivity (Wildman–Crippen MR) is 118 cm³/mol. The Hall–Kier alpha value is -2.59. The minimum atomic E-state index is -4.38. The van der Waals surface area contributed by atoms with Crippen LogP contribution in [0.4, 0.5) is 13.2 Å². The van der Waals surface area contributed by atoms with Gasteiger partial charge in [-0.1, -0.05) is 23.9 Å². The van der Waals surface area contributed by atoms with Gasteiger partial charge in [0.25, 0.3) is 5.56 Å². The van der Waals surface area contributed by atoms with Crippen LogP contribution in [-0.4, -0.2) is 45.5 Å². The third kappa shape index (κ3) is 5.07. The van der Waals surface area contributed by atoms with Crippen molar-refractivity contribution in [1.29, 1.82) is 0 Å². The molecule has 3 aromatic rings. The second-order valence-corrected chi connectivity index (χ2v) is 8.53. The van der Waals surface area contributed by atoms with Crippen molar-refractivity contribution in [3.63, 3.8) is 0 Å². The number of carbonyl (C=O) groups excluding carboxylic acids is 1. The molecule has 3 rings (SSSR count). The Labute approximate surface area is 187 Å². The third-order valence-corrected chi connectivity index (χ3v) is 6.12. The lowest BCUT2D eigenvalue weighted by molar-refractivity contribution is -0.141. The first kappa shape index (κ1) is 24.1. The number of Topliss-reactive ketones (excluding diaryl/α,β-unsaturated/α-hetero) is 1. The number of aromatic nitrogens is 3. The average molecular weight is 468 g/mol. The summed E-state index contributed by atoms with van der Waals surface area (Å²) in [6.45, 7) is 3.99. The van der Waals surface area contributed by atoms with Gasteiger partial charge in [0.1, 0.15) is 6.54 Å². The zero-order valence-corrected chi connectivity index (χ0v) is 19.0. The van der Waals surface area contributed by atoms with E-state index in [1.807, 2.05) is 6.92 Å². The Morgan fingerprint density at radius 2 is 1.94 bits per heavy atom. The van der Waals surface area contributed by atoms with Crippen LogP contribution in [0, 0.1) is 13.8 Å². The number of ketones is 1. The van der Waals surface area contributed by atoms with E-state index >= 15 is 0 Å². The molecule has 2 aromatic heterocycles. The molecular formula is C22H24F3N3O3S. The molecule has 1 atom stereocenters. The number of hydrogen-bond donors (Lipinski definition) is 0. The van der Waals surface area contributed by atoms with Crippen LogP contribution in [0.5, 0.6) is 0 Å². The van der Waals surface area contributed by atoms with E-state index in [9.17, 15) is 22.8 Å². The van der Waals surface area contributed by atoms with Crippen molar-refractivity contribution in [3.8, 4) is 0 Å². The summed E-state index contributed by atoms with van der Waals surface area (Å²) in [7, 11) is 1.53. The van der Waals surface area contributed by atoms with Gasteiger partial charge in [-0.3, -0.25) is 14.2 Å². The Balaban J connectivity index is 1.92. The van der Waals surface area contributed by atoms with Crippen LogP contribution < -0.4 is 5.56 Å². The van der Waals surface area contributed by atoms with Crippen molar-refractivity contribution in [1.82, 2.24) is 14.1 Å². The molecule has 0 unspecified atom stereocenters. The topological polar surface area (TPSA) is 66.1 Å². The summed E-state index contributed by atoms with van der Waals surface area (Å²) in [5.74, 6) is -0.397. The monoisotopic (exact) mass is 467 g/mol. The molecule has 2 heterocycles. The van der Waals surface area contributed by atoms with Crippen LogP contribution in [0.25, 0.3) is 10.9 Å². The fraction of sp³-hybridized carbons (Fsp3) is 0.409. The lowest BCUT2D eigenvalue weighted by Crippen LogP contribution is -2.28. The molecule has 0 spiro atoms. The highest BCUT2D eigenvalue weighted by molar-refractivity contribution is 7.99. The fourth-order valence-electron chi connectivity index (χ4n) is 3.65. The number of aryl methyl sites for hydroxylation is 1. The maximum absolute atomic E-state index is 13.1. The van der Waals surface area contributed by atoms with Crippen molar-refractivity contribution in [2.75, 3.05) is 19.5 Å². The SMILES string of the molecule is COC[C@@H](C)n1c(SCC(=O)c2cc(C)n(CC(F)(F)F)c2C)nc2ccccc2c1=O. The number of nitrogens with zero attached hydrogens (tertiary/aromatic N) is 3. The minimum absolute atomic E-state index is 0.0687. The first-order valence-electron chi connectivity index (χ1n) is 9.93. The van der Waals surface area contributed by atoms with Crippen LogP contribution in [0.2, 0.25) is 0 Å². The van der Waals surface area contributed by atoms with E-state index in [1.165, 1.54) is 31.6 Å². The molecule has 0 bridgehead atoms. The molecule has 0 amide bonds. The van der Waals surface area contributed by atoms with Gasteiger partial charge in [-0.25, -0.2) is 4.98 Å². The zero-order chi connectivity index (χ0) is 23.6. The molecule has 0 N–H and O–H groups in total. The first-order chi connectivity index (χ1) is 15.0. The highest BCUT2D eigenvalue weighted by Gasteiger charge is 2.30. The first-order valence-corrected chi connectivity index (χ1v) is 10.9. The largest absolute Gasteiger partial charge is 0.406 e. The maximum atomic E-state index is 13.1. The summed E-state index contributed by atoms with van der Waals surface area (Å²) in [5, 5.41) is 0.817. The second-order valence-electron chi connectivity index (χ2n) is 7.59. The van der Waals surface area contributed by atoms with Crippen molar-refractivity contribution in [3.05, 3.63) is 57.6 Å². The number of benzene rings is 1. The zero-order valence-electron chi connectivity index (χ0n) is 18.2. The van der Waals surface area contributed by atoms with Crippen molar-refractivity contribution < 1.29 is 22.7 Å². The van der Waals surface area contributed by atoms with Crippen molar-refractivity contribution >= 4 is 28.4 Å². The van der Waals surface area contributed by atoms with E-state index in [0.717, 1.165) is 16.3 Å². The summed E-state index contributed by atoms with van der Waals surface area (Å²) in [6.07, 6.45) is -4.38. The molecule has 0 fully saturated rings. The van der Waals surface area contributed by atoms with Gasteiger partial charge in [-0.2, -0.15) is 13.2 Å². The van der Waals surface area contributed by atoms with E-state index in [0.29, 0.717) is 21.8 Å². The van der Waals surface area contributed by atoms with Gasteiger partial charge < -0.3 is 9.30 Å². The number of fused-ring (bicyclic) bond motifs is 1. The molecule has 0 saturated heterocycles. The number of halogens is 3. The van der Waals surface area contributed by atoms with Crippen LogP contribution >= 0.6 is 11.8 Å². The summed E-state index contributed by atoms with van der Waals surface area (Å²) in [6, 6.07) is 8.09. The van der Waals surface area contributed by atoms with Gasteiger partial charge in [-0.05, 0) is 39.0 Å². The van der Waals surface area contributed by atoms with E-state index < -0.39 is 12.7 Å². The Bertz CT molecular complexity index is 1200. The predicted octanol–water partition coefficient (Wildman–Crippen LogP) is 4.56. The van der Waals surface area contributed by atoms with Gasteiger partial charge in [0.2, 0.25) is 0 Å². The quantitative estimate of drug-likeness (QED) is 0.276. The Kier molecular flexibility index (Phi) is 7.14. The van der Waals surface area contributed by atoms with Gasteiger partial charge in [0.15, 0.2) is 10.9 Å². The van der Waals surface area contributed by atoms with E-state index in [1.54, 1.807) is 24.3 Å². The van der Waals surface area contributed by atoms with Crippen LogP contribution in [0.3, 0.4) is 0 Å². The molecule has 6 nitrogen and oxygen atoms in total. The number of methoxy groups -OCH3 is 1. The number of rotatable bonds is 8.